The number of aromatic nitrogens is 3. The SMILES string of the molecule is CC(C)(C)c1cc(Oc2[c-]c3c(c(C(C)(C)C)c2)c2cccc(C(C)(C)C)c2n3-c2ccc(-c3ccccc3)cn2)nc2c(O)cccc12.[Pt]. The van der Waals surface area contributed by atoms with E-state index in [9.17, 15) is 5.11 Å². The molecular formula is C44H44N3O2Pt-. The second kappa shape index (κ2) is 12.7. The van der Waals surface area contributed by atoms with Crippen molar-refractivity contribution in [2.45, 2.75) is 78.6 Å². The Balaban J connectivity index is 0.00000432. The van der Waals surface area contributed by atoms with Gasteiger partial charge < -0.3 is 14.4 Å². The molecule has 3 aromatic heterocycles. The number of phenolic OH excluding ortho intramolecular Hbond substituents is 1. The van der Waals surface area contributed by atoms with Crippen molar-refractivity contribution in [3.8, 4) is 34.3 Å². The zero-order chi connectivity index (χ0) is 34.9. The van der Waals surface area contributed by atoms with Gasteiger partial charge in [-0.05, 0) is 56.5 Å². The minimum absolute atomic E-state index is 0. The smallest absolute Gasteiger partial charge is 0.217 e. The zero-order valence-corrected chi connectivity index (χ0v) is 32.5. The molecule has 7 rings (SSSR count). The Hall–Kier alpha value is -4.47. The number of nitrogens with zero attached hydrogens (tertiary/aromatic N) is 3. The number of rotatable bonds is 4. The maximum Gasteiger partial charge on any atom is 0.217 e. The predicted octanol–water partition coefficient (Wildman–Crippen LogP) is 11.6. The first-order valence-corrected chi connectivity index (χ1v) is 17.0. The maximum absolute atomic E-state index is 10.8. The van der Waals surface area contributed by atoms with E-state index in [4.69, 9.17) is 14.7 Å². The molecule has 258 valence electrons. The molecule has 0 unspecified atom stereocenters. The van der Waals surface area contributed by atoms with Crippen LogP contribution >= 0.6 is 0 Å². The minimum atomic E-state index is -0.224. The van der Waals surface area contributed by atoms with Crippen LogP contribution < -0.4 is 4.74 Å². The van der Waals surface area contributed by atoms with Gasteiger partial charge in [-0.15, -0.1) is 17.7 Å². The van der Waals surface area contributed by atoms with Gasteiger partial charge in [0.15, 0.2) is 0 Å². The van der Waals surface area contributed by atoms with Gasteiger partial charge in [-0.2, -0.15) is 0 Å². The van der Waals surface area contributed by atoms with Gasteiger partial charge in [0.25, 0.3) is 0 Å². The van der Waals surface area contributed by atoms with E-state index < -0.39 is 0 Å². The van der Waals surface area contributed by atoms with E-state index in [2.05, 4.69) is 121 Å². The number of hydrogen-bond donors (Lipinski definition) is 1. The molecule has 0 aliphatic carbocycles. The van der Waals surface area contributed by atoms with Crippen LogP contribution in [-0.4, -0.2) is 19.6 Å². The summed E-state index contributed by atoms with van der Waals surface area (Å²) in [5.41, 5.74) is 7.59. The third-order valence-corrected chi connectivity index (χ3v) is 9.29. The molecule has 50 heavy (non-hydrogen) atoms. The number of fused-ring (bicyclic) bond motifs is 4. The summed E-state index contributed by atoms with van der Waals surface area (Å²) >= 11 is 0. The molecular weight excluding hydrogens is 798 g/mol. The quantitative estimate of drug-likeness (QED) is 0.179. The van der Waals surface area contributed by atoms with Crippen molar-refractivity contribution in [3.05, 3.63) is 120 Å². The molecule has 0 saturated heterocycles. The zero-order valence-electron chi connectivity index (χ0n) is 30.3. The summed E-state index contributed by atoms with van der Waals surface area (Å²) in [4.78, 5) is 9.88. The van der Waals surface area contributed by atoms with E-state index in [1.165, 1.54) is 5.56 Å². The van der Waals surface area contributed by atoms with E-state index in [0.717, 1.165) is 55.3 Å². The molecule has 0 bridgehead atoms. The Morgan fingerprint density at radius 1 is 0.660 bits per heavy atom. The van der Waals surface area contributed by atoms with Crippen molar-refractivity contribution >= 4 is 32.7 Å². The van der Waals surface area contributed by atoms with Crippen molar-refractivity contribution in [2.75, 3.05) is 0 Å². The summed E-state index contributed by atoms with van der Waals surface area (Å²) in [6.45, 7) is 20.0. The standard InChI is InChI=1S/C44H44N3O2.Pt/c1-42(2,3)32-19-13-18-31-39-34(44(7,8)9)23-29(49-38-25-33(43(4,5)6)30-17-14-20-36(48)40(30)46-38)24-35(39)47(41(31)32)37-22-21-28(26-45-37)27-15-11-10-12-16-27;/h10-23,25-26,48H,1-9H3;/q-1;. The molecule has 3 heterocycles. The molecule has 7 aromatic rings. The van der Waals surface area contributed by atoms with Crippen LogP contribution in [0.1, 0.15) is 79.0 Å². The molecule has 0 saturated carbocycles. The van der Waals surface area contributed by atoms with Crippen molar-refractivity contribution in [1.82, 2.24) is 14.5 Å². The van der Waals surface area contributed by atoms with E-state index in [0.29, 0.717) is 17.1 Å². The van der Waals surface area contributed by atoms with Crippen LogP contribution in [0.2, 0.25) is 0 Å². The van der Waals surface area contributed by atoms with E-state index in [-0.39, 0.29) is 43.1 Å². The van der Waals surface area contributed by atoms with Crippen molar-refractivity contribution < 1.29 is 30.9 Å². The molecule has 0 radical (unpaired) electrons. The van der Waals surface area contributed by atoms with Crippen molar-refractivity contribution in [3.63, 3.8) is 0 Å². The Morgan fingerprint density at radius 2 is 1.32 bits per heavy atom. The van der Waals surface area contributed by atoms with E-state index in [1.807, 2.05) is 42.6 Å². The molecule has 0 atom stereocenters. The van der Waals surface area contributed by atoms with Crippen molar-refractivity contribution in [2.24, 2.45) is 0 Å². The fraction of sp³-hybridized carbons (Fsp3) is 0.273. The second-order valence-electron chi connectivity index (χ2n) is 16.1. The largest absolute Gasteiger partial charge is 0.506 e. The number of benzene rings is 4. The normalized spacial score (nSPS) is 12.4. The van der Waals surface area contributed by atoms with Gasteiger partial charge >= 0.3 is 0 Å². The Kier molecular flexibility index (Phi) is 8.98. The van der Waals surface area contributed by atoms with Crippen LogP contribution in [0.4, 0.5) is 0 Å². The van der Waals surface area contributed by atoms with Crippen LogP contribution in [0.15, 0.2) is 97.2 Å². The van der Waals surface area contributed by atoms with Gasteiger partial charge in [0.2, 0.25) is 5.88 Å². The summed E-state index contributed by atoms with van der Waals surface area (Å²) in [5, 5.41) is 14.0. The first kappa shape index (κ1) is 35.4. The minimum Gasteiger partial charge on any atom is -0.506 e. The summed E-state index contributed by atoms with van der Waals surface area (Å²) in [6, 6.07) is 34.5. The molecule has 5 nitrogen and oxygen atoms in total. The molecule has 0 amide bonds. The predicted molar refractivity (Wildman–Crippen MR) is 202 cm³/mol. The van der Waals surface area contributed by atoms with Crippen LogP contribution in [0.25, 0.3) is 49.7 Å². The topological polar surface area (TPSA) is 60.2 Å². The monoisotopic (exact) mass is 841 g/mol. The summed E-state index contributed by atoms with van der Waals surface area (Å²) in [5.74, 6) is 1.91. The van der Waals surface area contributed by atoms with E-state index >= 15 is 0 Å². The maximum atomic E-state index is 10.8. The summed E-state index contributed by atoms with van der Waals surface area (Å²) in [6.07, 6.45) is 1.95. The Morgan fingerprint density at radius 3 is 1.96 bits per heavy atom. The van der Waals surface area contributed by atoms with Crippen LogP contribution in [0.5, 0.6) is 17.4 Å². The molecule has 1 N–H and O–H groups in total. The number of pyridine rings is 2. The van der Waals surface area contributed by atoms with Gasteiger partial charge in [-0.25, -0.2) is 9.97 Å². The Labute approximate surface area is 309 Å². The number of ether oxygens (including phenoxy) is 1. The van der Waals surface area contributed by atoms with Crippen LogP contribution in [0, 0.1) is 6.07 Å². The number of hydrogen-bond acceptors (Lipinski definition) is 4. The van der Waals surface area contributed by atoms with Crippen molar-refractivity contribution in [1.29, 1.82) is 0 Å². The number of aromatic hydroxyl groups is 1. The van der Waals surface area contributed by atoms with Gasteiger partial charge in [0.05, 0.1) is 0 Å². The molecule has 0 fully saturated rings. The van der Waals surface area contributed by atoms with Gasteiger partial charge in [0, 0.05) is 55.5 Å². The van der Waals surface area contributed by atoms with Gasteiger partial charge in [0.1, 0.15) is 17.1 Å². The van der Waals surface area contributed by atoms with Crippen LogP contribution in [-0.2, 0) is 37.3 Å². The van der Waals surface area contributed by atoms with Gasteiger partial charge in [-0.3, -0.25) is 0 Å². The third-order valence-electron chi connectivity index (χ3n) is 9.29. The molecule has 0 aliphatic rings. The van der Waals surface area contributed by atoms with Crippen LogP contribution in [0.3, 0.4) is 0 Å². The van der Waals surface area contributed by atoms with Gasteiger partial charge in [-0.1, -0.05) is 134 Å². The molecule has 0 aliphatic heterocycles. The summed E-state index contributed by atoms with van der Waals surface area (Å²) in [7, 11) is 0. The molecule has 0 spiro atoms. The van der Waals surface area contributed by atoms with E-state index in [1.54, 1.807) is 6.07 Å². The first-order valence-electron chi connectivity index (χ1n) is 17.0. The molecule has 4 aromatic carbocycles. The Bertz CT molecular complexity index is 2360. The number of phenols is 1. The average Bonchev–Trinajstić information content (AvgIpc) is 3.37. The second-order valence-corrected chi connectivity index (χ2v) is 16.1. The fourth-order valence-corrected chi connectivity index (χ4v) is 6.88. The first-order chi connectivity index (χ1) is 23.1. The third kappa shape index (κ3) is 6.33. The average molecular weight is 842 g/mol. The molecule has 6 heteroatoms. The number of para-hydroxylation sites is 2. The fourth-order valence-electron chi connectivity index (χ4n) is 6.88. The summed E-state index contributed by atoms with van der Waals surface area (Å²) < 4.78 is 8.92.